The molecule has 0 aliphatic carbocycles. The van der Waals surface area contributed by atoms with Crippen LogP contribution in [0.15, 0.2) is 64.8 Å². The molecule has 0 unspecified atom stereocenters. The van der Waals surface area contributed by atoms with E-state index in [1.807, 2.05) is 5.38 Å². The number of aromatic nitrogens is 2. The Balaban J connectivity index is 1.51. The van der Waals surface area contributed by atoms with Crippen molar-refractivity contribution in [2.45, 2.75) is 0 Å². The Morgan fingerprint density at radius 3 is 2.41 bits per heavy atom. The Morgan fingerprint density at radius 1 is 0.815 bits per heavy atom. The highest BCUT2D eigenvalue weighted by molar-refractivity contribution is 7.12. The monoisotopic (exact) mass is 378 g/mol. The Bertz CT molecular complexity index is 1190. The number of amides is 2. The van der Waals surface area contributed by atoms with Crippen LogP contribution in [-0.4, -0.2) is 21.8 Å². The molecule has 4 N–H and O–H groups in total. The molecule has 0 fully saturated rings. The van der Waals surface area contributed by atoms with Gasteiger partial charge in [0.2, 0.25) is 0 Å². The second kappa shape index (κ2) is 6.93. The van der Waals surface area contributed by atoms with Crippen molar-refractivity contribution in [2.24, 2.45) is 0 Å². The first kappa shape index (κ1) is 16.8. The van der Waals surface area contributed by atoms with Gasteiger partial charge in [0.15, 0.2) is 0 Å². The van der Waals surface area contributed by atoms with Crippen molar-refractivity contribution in [1.82, 2.24) is 9.97 Å². The zero-order chi connectivity index (χ0) is 18.8. The predicted molar refractivity (Wildman–Crippen MR) is 106 cm³/mol. The van der Waals surface area contributed by atoms with Crippen LogP contribution in [-0.2, 0) is 0 Å². The Kier molecular flexibility index (Phi) is 4.31. The SMILES string of the molecule is O=C(Nc1ccc2[nH]c(=O)[nH]c2c1)c1cccc(NC(=O)c2cccs2)c1. The molecule has 0 aliphatic rings. The molecule has 4 aromatic rings. The van der Waals surface area contributed by atoms with Crippen LogP contribution in [0.4, 0.5) is 11.4 Å². The molecule has 0 saturated heterocycles. The van der Waals surface area contributed by atoms with Crippen molar-refractivity contribution in [3.63, 3.8) is 0 Å². The van der Waals surface area contributed by atoms with Gasteiger partial charge >= 0.3 is 5.69 Å². The van der Waals surface area contributed by atoms with E-state index in [-0.39, 0.29) is 17.5 Å². The van der Waals surface area contributed by atoms with Crippen molar-refractivity contribution in [2.75, 3.05) is 10.6 Å². The van der Waals surface area contributed by atoms with Crippen LogP contribution in [0, 0.1) is 0 Å². The van der Waals surface area contributed by atoms with E-state index in [9.17, 15) is 14.4 Å². The minimum Gasteiger partial charge on any atom is -0.322 e. The maximum absolute atomic E-state index is 12.5. The summed E-state index contributed by atoms with van der Waals surface area (Å²) in [6.45, 7) is 0. The summed E-state index contributed by atoms with van der Waals surface area (Å²) in [4.78, 5) is 41.9. The molecule has 27 heavy (non-hydrogen) atoms. The van der Waals surface area contributed by atoms with Crippen LogP contribution in [0.5, 0.6) is 0 Å². The van der Waals surface area contributed by atoms with Crippen molar-refractivity contribution < 1.29 is 9.59 Å². The summed E-state index contributed by atoms with van der Waals surface area (Å²) in [7, 11) is 0. The molecule has 0 saturated carbocycles. The van der Waals surface area contributed by atoms with Crippen LogP contribution in [0.3, 0.4) is 0 Å². The molecule has 2 aromatic carbocycles. The van der Waals surface area contributed by atoms with Gasteiger partial charge in [0, 0.05) is 16.9 Å². The zero-order valence-electron chi connectivity index (χ0n) is 13.9. The number of hydrogen-bond acceptors (Lipinski definition) is 4. The fourth-order valence-corrected chi connectivity index (χ4v) is 3.27. The third-order valence-electron chi connectivity index (χ3n) is 3.90. The van der Waals surface area contributed by atoms with Gasteiger partial charge in [-0.05, 0) is 47.8 Å². The molecular weight excluding hydrogens is 364 g/mol. The summed E-state index contributed by atoms with van der Waals surface area (Å²) < 4.78 is 0. The quantitative estimate of drug-likeness (QED) is 0.437. The van der Waals surface area contributed by atoms with Gasteiger partial charge in [0.05, 0.1) is 15.9 Å². The van der Waals surface area contributed by atoms with Gasteiger partial charge in [0.1, 0.15) is 0 Å². The van der Waals surface area contributed by atoms with Crippen molar-refractivity contribution in [1.29, 1.82) is 0 Å². The Labute approximate surface area is 157 Å². The molecule has 4 rings (SSSR count). The minimum absolute atomic E-state index is 0.218. The average Bonchev–Trinajstić information content (AvgIpc) is 3.30. The second-order valence-corrected chi connectivity index (χ2v) is 6.75. The summed E-state index contributed by atoms with van der Waals surface area (Å²) in [6.07, 6.45) is 0. The molecule has 2 amide bonds. The molecule has 0 atom stereocenters. The molecule has 134 valence electrons. The van der Waals surface area contributed by atoms with Crippen molar-refractivity contribution >= 4 is 45.6 Å². The number of anilines is 2. The van der Waals surface area contributed by atoms with Crippen LogP contribution in [0.1, 0.15) is 20.0 Å². The lowest BCUT2D eigenvalue weighted by Crippen LogP contribution is -2.14. The van der Waals surface area contributed by atoms with Gasteiger partial charge < -0.3 is 20.6 Å². The maximum atomic E-state index is 12.5. The Hall–Kier alpha value is -3.65. The third kappa shape index (κ3) is 3.65. The number of imidazole rings is 1. The number of aromatic amines is 2. The minimum atomic E-state index is -0.320. The number of fused-ring (bicyclic) bond motifs is 1. The van der Waals surface area contributed by atoms with Gasteiger partial charge in [-0.3, -0.25) is 9.59 Å². The predicted octanol–water partition coefficient (Wildman–Crippen LogP) is 3.42. The molecular formula is C19H14N4O3S. The lowest BCUT2D eigenvalue weighted by Gasteiger charge is -2.08. The molecule has 0 spiro atoms. The van der Waals surface area contributed by atoms with Gasteiger partial charge in [-0.15, -0.1) is 11.3 Å². The fourth-order valence-electron chi connectivity index (χ4n) is 2.65. The smallest absolute Gasteiger partial charge is 0.322 e. The lowest BCUT2D eigenvalue weighted by molar-refractivity contribution is 0.101. The molecule has 0 aliphatic heterocycles. The number of benzene rings is 2. The van der Waals surface area contributed by atoms with E-state index in [1.54, 1.807) is 54.6 Å². The van der Waals surface area contributed by atoms with E-state index in [1.165, 1.54) is 11.3 Å². The van der Waals surface area contributed by atoms with Crippen LogP contribution < -0.4 is 16.3 Å². The molecule has 2 heterocycles. The summed E-state index contributed by atoms with van der Waals surface area (Å²) in [5.74, 6) is -0.538. The largest absolute Gasteiger partial charge is 0.323 e. The van der Waals surface area contributed by atoms with Gasteiger partial charge in [-0.1, -0.05) is 12.1 Å². The summed E-state index contributed by atoms with van der Waals surface area (Å²) in [5.41, 5.74) is 2.46. The molecule has 7 nitrogen and oxygen atoms in total. The zero-order valence-corrected chi connectivity index (χ0v) is 14.7. The molecule has 0 bridgehead atoms. The van der Waals surface area contributed by atoms with Crippen LogP contribution in [0.25, 0.3) is 11.0 Å². The normalized spacial score (nSPS) is 10.7. The van der Waals surface area contributed by atoms with Crippen LogP contribution >= 0.6 is 11.3 Å². The molecule has 8 heteroatoms. The third-order valence-corrected chi connectivity index (χ3v) is 4.77. The standard InChI is InChI=1S/C19H14N4O3S/c24-17(20-13-6-7-14-15(10-13)23-19(26)22-14)11-3-1-4-12(9-11)21-18(25)16-5-2-8-27-16/h1-10H,(H,20,24)(H,21,25)(H2,22,23,26). The van der Waals surface area contributed by atoms with Crippen molar-refractivity contribution in [3.8, 4) is 0 Å². The van der Waals surface area contributed by atoms with Crippen LogP contribution in [0.2, 0.25) is 0 Å². The highest BCUT2D eigenvalue weighted by atomic mass is 32.1. The van der Waals surface area contributed by atoms with E-state index >= 15 is 0 Å². The fraction of sp³-hybridized carbons (Fsp3) is 0. The van der Waals surface area contributed by atoms with E-state index in [0.29, 0.717) is 32.8 Å². The van der Waals surface area contributed by atoms with Gasteiger partial charge in [0.25, 0.3) is 11.8 Å². The second-order valence-electron chi connectivity index (χ2n) is 5.81. The first-order chi connectivity index (χ1) is 13.1. The summed E-state index contributed by atoms with van der Waals surface area (Å²) >= 11 is 1.35. The van der Waals surface area contributed by atoms with Gasteiger partial charge in [-0.25, -0.2) is 4.79 Å². The molecule has 2 aromatic heterocycles. The number of H-pyrrole nitrogens is 2. The highest BCUT2D eigenvalue weighted by Gasteiger charge is 2.11. The maximum Gasteiger partial charge on any atom is 0.323 e. The number of carbonyl (C=O) groups is 2. The summed E-state index contributed by atoms with van der Waals surface area (Å²) in [5, 5.41) is 7.39. The number of rotatable bonds is 4. The highest BCUT2D eigenvalue weighted by Crippen LogP contribution is 2.18. The van der Waals surface area contributed by atoms with E-state index in [4.69, 9.17) is 0 Å². The topological polar surface area (TPSA) is 107 Å². The lowest BCUT2D eigenvalue weighted by atomic mass is 10.1. The van der Waals surface area contributed by atoms with E-state index in [2.05, 4.69) is 20.6 Å². The first-order valence-corrected chi connectivity index (χ1v) is 8.95. The molecule has 0 radical (unpaired) electrons. The summed E-state index contributed by atoms with van der Waals surface area (Å²) in [6, 6.07) is 15.3. The van der Waals surface area contributed by atoms with E-state index in [0.717, 1.165) is 0 Å². The first-order valence-electron chi connectivity index (χ1n) is 8.07. The van der Waals surface area contributed by atoms with E-state index < -0.39 is 0 Å². The van der Waals surface area contributed by atoms with Crippen molar-refractivity contribution in [3.05, 3.63) is 80.9 Å². The average molecular weight is 378 g/mol. The van der Waals surface area contributed by atoms with Gasteiger partial charge in [-0.2, -0.15) is 0 Å². The number of carbonyl (C=O) groups excluding carboxylic acids is 2. The Morgan fingerprint density at radius 2 is 1.59 bits per heavy atom. The number of hydrogen-bond donors (Lipinski definition) is 4. The number of thiophene rings is 1. The number of nitrogens with one attached hydrogen (secondary N) is 4.